The Labute approximate surface area is 201 Å². The van der Waals surface area contributed by atoms with Crippen molar-refractivity contribution in [1.29, 1.82) is 0 Å². The average Bonchev–Trinajstić information content (AvgIpc) is 2.83. The summed E-state index contributed by atoms with van der Waals surface area (Å²) < 4.78 is 23.5. The fourth-order valence-electron chi connectivity index (χ4n) is 2.99. The molecular weight excluding hydrogens is 439 g/mol. The number of hydrogen-bond donors (Lipinski definition) is 3. The van der Waals surface area contributed by atoms with E-state index in [0.717, 1.165) is 12.8 Å². The van der Waals surface area contributed by atoms with E-state index in [4.69, 9.17) is 4.74 Å². The van der Waals surface area contributed by atoms with Gasteiger partial charge in [-0.1, -0.05) is 62.0 Å². The molecule has 0 amide bonds. The van der Waals surface area contributed by atoms with E-state index < -0.39 is 24.4 Å². The molecule has 1 aromatic rings. The molecule has 0 saturated carbocycles. The molecule has 0 radical (unpaired) electrons. The van der Waals surface area contributed by atoms with Crippen LogP contribution in [0, 0.1) is 5.82 Å². The normalized spacial score (nSPS) is 15.8. The third kappa shape index (κ3) is 13.1. The van der Waals surface area contributed by atoms with Crippen LogP contribution in [0.25, 0.3) is 0 Å². The van der Waals surface area contributed by atoms with E-state index in [2.05, 4.69) is 11.7 Å². The van der Waals surface area contributed by atoms with E-state index in [0.29, 0.717) is 25.0 Å². The van der Waals surface area contributed by atoms with Gasteiger partial charge in [-0.3, -0.25) is 4.79 Å². The summed E-state index contributed by atoms with van der Waals surface area (Å²) in [6.07, 6.45) is 13.6. The van der Waals surface area contributed by atoms with Crippen LogP contribution in [0.4, 0.5) is 4.39 Å². The Morgan fingerprint density at radius 3 is 2.09 bits per heavy atom. The minimum absolute atomic E-state index is 0.203. The Morgan fingerprint density at radius 1 is 0.912 bits per heavy atom. The summed E-state index contributed by atoms with van der Waals surface area (Å²) in [7, 11) is 1.31. The number of halogens is 1. The number of benzene rings is 1. The third-order valence-corrected chi connectivity index (χ3v) is 5.00. The number of carbonyl (C=O) groups excluding carboxylic acids is 1. The van der Waals surface area contributed by atoms with Gasteiger partial charge in [0.15, 0.2) is 0 Å². The van der Waals surface area contributed by atoms with Crippen LogP contribution in [0.3, 0.4) is 0 Å². The van der Waals surface area contributed by atoms with Crippen molar-refractivity contribution < 1.29 is 34.0 Å². The maximum Gasteiger partial charge on any atom is 0.305 e. The SMILES string of the molecule is CCCCC(Oc1ccc(F)cc1)[C@@H](O)/C=C/C=C\C=C\C=C\[C@@H](O)[C@@H](O)CCCC(=O)OC. The topological polar surface area (TPSA) is 96.2 Å². The molecule has 34 heavy (non-hydrogen) atoms. The smallest absolute Gasteiger partial charge is 0.305 e. The van der Waals surface area contributed by atoms with Crippen molar-refractivity contribution in [3.05, 3.63) is 78.7 Å². The first-order valence-corrected chi connectivity index (χ1v) is 11.6. The quantitative estimate of drug-likeness (QED) is 0.242. The van der Waals surface area contributed by atoms with Gasteiger partial charge in [-0.15, -0.1) is 0 Å². The van der Waals surface area contributed by atoms with Crippen LogP contribution in [0.5, 0.6) is 5.75 Å². The Morgan fingerprint density at radius 2 is 1.50 bits per heavy atom. The molecule has 0 spiro atoms. The van der Waals surface area contributed by atoms with Gasteiger partial charge in [-0.05, 0) is 49.9 Å². The molecule has 0 heterocycles. The number of rotatable bonds is 16. The summed E-state index contributed by atoms with van der Waals surface area (Å²) in [6, 6.07) is 5.73. The molecule has 0 aliphatic heterocycles. The predicted molar refractivity (Wildman–Crippen MR) is 131 cm³/mol. The van der Waals surface area contributed by atoms with Gasteiger partial charge in [0.1, 0.15) is 23.8 Å². The Kier molecular flexibility index (Phi) is 15.2. The van der Waals surface area contributed by atoms with Crippen molar-refractivity contribution in [3.63, 3.8) is 0 Å². The minimum Gasteiger partial charge on any atom is -0.487 e. The van der Waals surface area contributed by atoms with E-state index in [1.165, 1.54) is 25.3 Å². The number of esters is 1. The number of aliphatic hydroxyl groups is 3. The molecule has 4 atom stereocenters. The molecule has 0 saturated heterocycles. The van der Waals surface area contributed by atoms with Crippen LogP contribution < -0.4 is 4.74 Å². The van der Waals surface area contributed by atoms with E-state index in [1.54, 1.807) is 54.7 Å². The Hall–Kier alpha value is -2.74. The number of carbonyl (C=O) groups is 1. The van der Waals surface area contributed by atoms with Crippen molar-refractivity contribution in [2.24, 2.45) is 0 Å². The molecule has 6 nitrogen and oxygen atoms in total. The third-order valence-electron chi connectivity index (χ3n) is 5.00. The van der Waals surface area contributed by atoms with Crippen LogP contribution in [0.15, 0.2) is 72.9 Å². The van der Waals surface area contributed by atoms with E-state index in [9.17, 15) is 24.5 Å². The summed E-state index contributed by atoms with van der Waals surface area (Å²) in [4.78, 5) is 11.0. The molecule has 1 unspecified atom stereocenters. The largest absolute Gasteiger partial charge is 0.487 e. The second-order valence-electron chi connectivity index (χ2n) is 7.81. The average molecular weight is 477 g/mol. The van der Waals surface area contributed by atoms with Crippen LogP contribution in [-0.2, 0) is 9.53 Å². The molecule has 3 N–H and O–H groups in total. The van der Waals surface area contributed by atoms with Crippen LogP contribution in [0.1, 0.15) is 45.4 Å². The van der Waals surface area contributed by atoms with Crippen molar-refractivity contribution in [2.45, 2.75) is 69.9 Å². The zero-order chi connectivity index (χ0) is 25.2. The first kappa shape index (κ1) is 29.3. The highest BCUT2D eigenvalue weighted by Crippen LogP contribution is 2.18. The van der Waals surface area contributed by atoms with Gasteiger partial charge in [0.05, 0.1) is 19.3 Å². The summed E-state index contributed by atoms with van der Waals surface area (Å²) in [5.74, 6) is -0.173. The fourth-order valence-corrected chi connectivity index (χ4v) is 2.99. The maximum absolute atomic E-state index is 13.1. The summed E-state index contributed by atoms with van der Waals surface area (Å²) in [5.41, 5.74) is 0. The van der Waals surface area contributed by atoms with Gasteiger partial charge < -0.3 is 24.8 Å². The number of ether oxygens (including phenoxy) is 2. The van der Waals surface area contributed by atoms with E-state index in [-0.39, 0.29) is 18.2 Å². The van der Waals surface area contributed by atoms with Gasteiger partial charge in [0, 0.05) is 6.42 Å². The highest BCUT2D eigenvalue weighted by molar-refractivity contribution is 5.68. The lowest BCUT2D eigenvalue weighted by atomic mass is 10.1. The summed E-state index contributed by atoms with van der Waals surface area (Å²) >= 11 is 0. The summed E-state index contributed by atoms with van der Waals surface area (Å²) in [6.45, 7) is 2.06. The van der Waals surface area contributed by atoms with Gasteiger partial charge in [-0.25, -0.2) is 4.39 Å². The molecule has 0 aliphatic rings. The predicted octanol–water partition coefficient (Wildman–Crippen LogP) is 4.41. The molecule has 1 rings (SSSR count). The number of hydrogen-bond acceptors (Lipinski definition) is 6. The highest BCUT2D eigenvalue weighted by atomic mass is 19.1. The van der Waals surface area contributed by atoms with Gasteiger partial charge in [-0.2, -0.15) is 0 Å². The lowest BCUT2D eigenvalue weighted by molar-refractivity contribution is -0.140. The lowest BCUT2D eigenvalue weighted by Gasteiger charge is -2.22. The van der Waals surface area contributed by atoms with Crippen LogP contribution in [0.2, 0.25) is 0 Å². The van der Waals surface area contributed by atoms with Gasteiger partial charge in [0.25, 0.3) is 0 Å². The Bertz CT molecular complexity index is 800. The second kappa shape index (κ2) is 17.7. The number of aliphatic hydroxyl groups excluding tert-OH is 3. The maximum atomic E-state index is 13.1. The summed E-state index contributed by atoms with van der Waals surface area (Å²) in [5, 5.41) is 30.3. The zero-order valence-electron chi connectivity index (χ0n) is 19.9. The van der Waals surface area contributed by atoms with Crippen LogP contribution >= 0.6 is 0 Å². The molecule has 0 aromatic heterocycles. The van der Waals surface area contributed by atoms with Crippen molar-refractivity contribution in [1.82, 2.24) is 0 Å². The first-order chi connectivity index (χ1) is 16.4. The molecule has 0 bridgehead atoms. The van der Waals surface area contributed by atoms with Gasteiger partial charge >= 0.3 is 5.97 Å². The number of methoxy groups -OCH3 is 1. The number of unbranched alkanes of at least 4 members (excludes halogenated alkanes) is 1. The van der Waals surface area contributed by atoms with Gasteiger partial charge in [0.2, 0.25) is 0 Å². The molecule has 0 aliphatic carbocycles. The van der Waals surface area contributed by atoms with E-state index >= 15 is 0 Å². The lowest BCUT2D eigenvalue weighted by Crippen LogP contribution is -2.30. The standard InChI is InChI=1S/C27H37FO6/c1-3-4-15-26(34-22-19-17-21(28)18-20-22)25(31)13-10-8-6-5-7-9-12-23(29)24(30)14-11-16-27(32)33-2/h5-10,12-13,17-20,23-26,29-31H,3-4,11,14-16H2,1-2H3/b7-5+,8-6-,12-9+,13-10+/t23-,24+,25+,26?/m1/s1. The molecule has 188 valence electrons. The minimum atomic E-state index is -1.03. The highest BCUT2D eigenvalue weighted by Gasteiger charge is 2.18. The number of allylic oxidation sites excluding steroid dienone is 6. The molecule has 0 fully saturated rings. The molecule has 7 heteroatoms. The molecular formula is C27H37FO6. The Balaban J connectivity index is 2.46. The zero-order valence-corrected chi connectivity index (χ0v) is 19.9. The fraction of sp³-hybridized carbons (Fsp3) is 0.444. The van der Waals surface area contributed by atoms with Crippen molar-refractivity contribution >= 4 is 5.97 Å². The van der Waals surface area contributed by atoms with Crippen molar-refractivity contribution in [3.8, 4) is 5.75 Å². The van der Waals surface area contributed by atoms with Crippen LogP contribution in [-0.4, -0.2) is 52.8 Å². The monoisotopic (exact) mass is 476 g/mol. The van der Waals surface area contributed by atoms with E-state index in [1.807, 2.05) is 0 Å². The first-order valence-electron chi connectivity index (χ1n) is 11.6. The van der Waals surface area contributed by atoms with Crippen molar-refractivity contribution in [2.75, 3.05) is 7.11 Å². The molecule has 1 aromatic carbocycles. The second-order valence-corrected chi connectivity index (χ2v) is 7.81.